The molecule has 2 unspecified atom stereocenters. The number of carbonyl (C=O) groups is 1. The van der Waals surface area contributed by atoms with E-state index in [1.807, 2.05) is 6.92 Å². The summed E-state index contributed by atoms with van der Waals surface area (Å²) < 4.78 is 0. The molecule has 0 aliphatic heterocycles. The van der Waals surface area contributed by atoms with Crippen LogP contribution in [0.5, 0.6) is 0 Å². The molecular formula is C16H32O2. The molecule has 0 saturated carbocycles. The van der Waals surface area contributed by atoms with Crippen molar-refractivity contribution < 1.29 is 9.90 Å². The summed E-state index contributed by atoms with van der Waals surface area (Å²) in [5, 5.41) is 8.98. The molecule has 0 aliphatic carbocycles. The number of unbranched alkanes of at least 4 members (excludes halogenated alkanes) is 5. The van der Waals surface area contributed by atoms with Gasteiger partial charge in [0.1, 0.15) is 0 Å². The Morgan fingerprint density at radius 2 is 1.56 bits per heavy atom. The Hall–Kier alpha value is -0.530. The summed E-state index contributed by atoms with van der Waals surface area (Å²) in [6, 6.07) is 0. The molecule has 0 heterocycles. The zero-order valence-electron chi connectivity index (χ0n) is 12.6. The van der Waals surface area contributed by atoms with Crippen LogP contribution in [0.4, 0.5) is 0 Å². The van der Waals surface area contributed by atoms with E-state index in [2.05, 4.69) is 13.8 Å². The molecule has 2 heteroatoms. The van der Waals surface area contributed by atoms with Crippen molar-refractivity contribution >= 4 is 5.97 Å². The third-order valence-corrected chi connectivity index (χ3v) is 3.90. The van der Waals surface area contributed by atoms with E-state index in [-0.39, 0.29) is 5.92 Å². The molecule has 0 aromatic carbocycles. The SMILES string of the molecule is CCCCCCCCC(C)CCC(CC)C(=O)O. The van der Waals surface area contributed by atoms with Crippen molar-refractivity contribution in [2.45, 2.75) is 85.0 Å². The van der Waals surface area contributed by atoms with Crippen LogP contribution in [0.15, 0.2) is 0 Å². The van der Waals surface area contributed by atoms with Crippen LogP contribution in [0.25, 0.3) is 0 Å². The summed E-state index contributed by atoms with van der Waals surface area (Å²) in [5.74, 6) is -0.0640. The van der Waals surface area contributed by atoms with Crippen LogP contribution < -0.4 is 0 Å². The molecule has 2 nitrogen and oxygen atoms in total. The molecule has 0 aliphatic rings. The first-order valence-electron chi connectivity index (χ1n) is 7.84. The highest BCUT2D eigenvalue weighted by molar-refractivity contribution is 5.69. The standard InChI is InChI=1S/C16H32O2/c1-4-6-7-8-9-10-11-14(3)12-13-15(5-2)16(17)18/h14-15H,4-13H2,1-3H3,(H,17,18). The Morgan fingerprint density at radius 1 is 0.944 bits per heavy atom. The first-order chi connectivity index (χ1) is 8.61. The Morgan fingerprint density at radius 3 is 2.11 bits per heavy atom. The fourth-order valence-electron chi connectivity index (χ4n) is 2.41. The topological polar surface area (TPSA) is 37.3 Å². The number of carboxylic acid groups (broad SMARTS) is 1. The minimum atomic E-state index is -0.621. The zero-order valence-corrected chi connectivity index (χ0v) is 12.6. The second kappa shape index (κ2) is 11.6. The molecule has 108 valence electrons. The second-order valence-corrected chi connectivity index (χ2v) is 5.68. The second-order valence-electron chi connectivity index (χ2n) is 5.68. The predicted octanol–water partition coefficient (Wildman–Crippen LogP) is 5.26. The summed E-state index contributed by atoms with van der Waals surface area (Å²) in [4.78, 5) is 10.9. The monoisotopic (exact) mass is 256 g/mol. The minimum Gasteiger partial charge on any atom is -0.481 e. The highest BCUT2D eigenvalue weighted by Crippen LogP contribution is 2.20. The van der Waals surface area contributed by atoms with Gasteiger partial charge in [0.15, 0.2) is 0 Å². The molecular weight excluding hydrogens is 224 g/mol. The van der Waals surface area contributed by atoms with Crippen molar-refractivity contribution in [2.75, 3.05) is 0 Å². The molecule has 0 aromatic heterocycles. The van der Waals surface area contributed by atoms with Crippen LogP contribution in [0.1, 0.15) is 85.0 Å². The summed E-state index contributed by atoms with van der Waals surface area (Å²) in [7, 11) is 0. The average molecular weight is 256 g/mol. The van der Waals surface area contributed by atoms with Crippen molar-refractivity contribution in [1.29, 1.82) is 0 Å². The largest absolute Gasteiger partial charge is 0.481 e. The Balaban J connectivity index is 3.47. The molecule has 2 atom stereocenters. The van der Waals surface area contributed by atoms with Gasteiger partial charge >= 0.3 is 5.97 Å². The fourth-order valence-corrected chi connectivity index (χ4v) is 2.41. The number of hydrogen-bond acceptors (Lipinski definition) is 1. The smallest absolute Gasteiger partial charge is 0.306 e. The summed E-state index contributed by atoms with van der Waals surface area (Å²) in [6.07, 6.45) is 12.0. The van der Waals surface area contributed by atoms with Crippen LogP contribution in [0, 0.1) is 11.8 Å². The molecule has 0 radical (unpaired) electrons. The molecule has 18 heavy (non-hydrogen) atoms. The van der Waals surface area contributed by atoms with Gasteiger partial charge in [0.2, 0.25) is 0 Å². The van der Waals surface area contributed by atoms with E-state index in [0.717, 1.165) is 19.3 Å². The van der Waals surface area contributed by atoms with Crippen LogP contribution in [0.2, 0.25) is 0 Å². The maximum atomic E-state index is 10.9. The number of aliphatic carboxylic acids is 1. The molecule has 0 spiro atoms. The van der Waals surface area contributed by atoms with Gasteiger partial charge in [-0.1, -0.05) is 65.7 Å². The van der Waals surface area contributed by atoms with Gasteiger partial charge < -0.3 is 5.11 Å². The van der Waals surface area contributed by atoms with Crippen molar-refractivity contribution in [1.82, 2.24) is 0 Å². The molecule has 0 fully saturated rings. The molecule has 0 rings (SSSR count). The van der Waals surface area contributed by atoms with Gasteiger partial charge in [-0.3, -0.25) is 4.79 Å². The Kier molecular flexibility index (Phi) is 11.2. The molecule has 0 bridgehead atoms. The van der Waals surface area contributed by atoms with E-state index in [1.54, 1.807) is 0 Å². The average Bonchev–Trinajstić information content (AvgIpc) is 2.34. The molecule has 0 amide bonds. The first kappa shape index (κ1) is 17.5. The van der Waals surface area contributed by atoms with Crippen LogP contribution in [0.3, 0.4) is 0 Å². The van der Waals surface area contributed by atoms with Crippen molar-refractivity contribution in [3.8, 4) is 0 Å². The molecule has 0 aromatic rings. The van der Waals surface area contributed by atoms with E-state index in [1.165, 1.54) is 44.9 Å². The lowest BCUT2D eigenvalue weighted by Gasteiger charge is -2.14. The Labute approximate surface area is 113 Å². The highest BCUT2D eigenvalue weighted by Gasteiger charge is 2.15. The van der Waals surface area contributed by atoms with E-state index in [0.29, 0.717) is 5.92 Å². The Bertz CT molecular complexity index is 201. The molecule has 0 saturated heterocycles. The lowest BCUT2D eigenvalue weighted by molar-refractivity contribution is -0.142. The van der Waals surface area contributed by atoms with Crippen LogP contribution >= 0.6 is 0 Å². The number of carboxylic acids is 1. The van der Waals surface area contributed by atoms with Gasteiger partial charge in [0.25, 0.3) is 0 Å². The first-order valence-corrected chi connectivity index (χ1v) is 7.84. The van der Waals surface area contributed by atoms with Crippen LogP contribution in [-0.2, 0) is 4.79 Å². The maximum Gasteiger partial charge on any atom is 0.306 e. The lowest BCUT2D eigenvalue weighted by atomic mass is 9.92. The van der Waals surface area contributed by atoms with Gasteiger partial charge in [-0.25, -0.2) is 0 Å². The van der Waals surface area contributed by atoms with Gasteiger partial charge in [0, 0.05) is 0 Å². The summed E-state index contributed by atoms with van der Waals surface area (Å²) >= 11 is 0. The fraction of sp³-hybridized carbons (Fsp3) is 0.938. The van der Waals surface area contributed by atoms with Crippen molar-refractivity contribution in [2.24, 2.45) is 11.8 Å². The van der Waals surface area contributed by atoms with Crippen molar-refractivity contribution in [3.63, 3.8) is 0 Å². The lowest BCUT2D eigenvalue weighted by Crippen LogP contribution is -2.13. The summed E-state index contributed by atoms with van der Waals surface area (Å²) in [5.41, 5.74) is 0. The predicted molar refractivity (Wildman–Crippen MR) is 77.8 cm³/mol. The van der Waals surface area contributed by atoms with Gasteiger partial charge in [-0.2, -0.15) is 0 Å². The normalized spacial score (nSPS) is 14.4. The quantitative estimate of drug-likeness (QED) is 0.483. The zero-order chi connectivity index (χ0) is 13.8. The van der Waals surface area contributed by atoms with Gasteiger partial charge in [-0.15, -0.1) is 0 Å². The highest BCUT2D eigenvalue weighted by atomic mass is 16.4. The van der Waals surface area contributed by atoms with E-state index < -0.39 is 5.97 Å². The van der Waals surface area contributed by atoms with Gasteiger partial charge in [0.05, 0.1) is 5.92 Å². The van der Waals surface area contributed by atoms with Gasteiger partial charge in [-0.05, 0) is 25.2 Å². The number of hydrogen-bond donors (Lipinski definition) is 1. The minimum absolute atomic E-state index is 0.128. The summed E-state index contributed by atoms with van der Waals surface area (Å²) in [6.45, 7) is 6.48. The van der Waals surface area contributed by atoms with Crippen molar-refractivity contribution in [3.05, 3.63) is 0 Å². The number of rotatable bonds is 12. The molecule has 1 N–H and O–H groups in total. The van der Waals surface area contributed by atoms with E-state index in [4.69, 9.17) is 5.11 Å². The van der Waals surface area contributed by atoms with Crippen LogP contribution in [-0.4, -0.2) is 11.1 Å². The third kappa shape index (κ3) is 9.49. The maximum absolute atomic E-state index is 10.9. The third-order valence-electron chi connectivity index (χ3n) is 3.90. The van der Waals surface area contributed by atoms with E-state index >= 15 is 0 Å². The van der Waals surface area contributed by atoms with E-state index in [9.17, 15) is 4.79 Å².